The van der Waals surface area contributed by atoms with E-state index in [1.165, 1.54) is 0 Å². The van der Waals surface area contributed by atoms with Crippen LogP contribution in [0.1, 0.15) is 19.0 Å². The topological polar surface area (TPSA) is 84.0 Å². The van der Waals surface area contributed by atoms with E-state index in [0.29, 0.717) is 19.5 Å². The van der Waals surface area contributed by atoms with Crippen molar-refractivity contribution in [3.05, 3.63) is 35.6 Å². The summed E-state index contributed by atoms with van der Waals surface area (Å²) in [7, 11) is -3.39. The molecule has 2 N–H and O–H groups in total. The monoisotopic (exact) mass is 326 g/mol. The second-order valence-corrected chi connectivity index (χ2v) is 6.86. The number of hydrogen-bond acceptors (Lipinski definition) is 5. The van der Waals surface area contributed by atoms with Gasteiger partial charge in [-0.05, 0) is 18.6 Å². The van der Waals surface area contributed by atoms with Crippen molar-refractivity contribution >= 4 is 21.5 Å². The molecule has 0 aliphatic rings. The Morgan fingerprint density at radius 3 is 2.62 bits per heavy atom. The Morgan fingerprint density at radius 1 is 1.19 bits per heavy atom. The Bertz CT molecular complexity index is 656. The predicted molar refractivity (Wildman–Crippen MR) is 84.3 cm³/mol. The number of rotatable bonds is 8. The summed E-state index contributed by atoms with van der Waals surface area (Å²) >= 11 is 1.54. The van der Waals surface area contributed by atoms with E-state index in [1.807, 2.05) is 24.4 Å². The van der Waals surface area contributed by atoms with Crippen molar-refractivity contribution in [3.8, 4) is 10.6 Å². The number of thiazole rings is 1. The summed E-state index contributed by atoms with van der Waals surface area (Å²) in [5.74, 6) is 0. The van der Waals surface area contributed by atoms with Crippen LogP contribution >= 0.6 is 11.3 Å². The van der Waals surface area contributed by atoms with Gasteiger partial charge in [-0.2, -0.15) is 8.42 Å². The Hall–Kier alpha value is -1.35. The van der Waals surface area contributed by atoms with Crippen molar-refractivity contribution in [1.82, 2.24) is 19.4 Å². The van der Waals surface area contributed by atoms with Gasteiger partial charge in [0.15, 0.2) is 0 Å². The Balaban J connectivity index is 1.86. The lowest BCUT2D eigenvalue weighted by molar-refractivity contribution is 0.565. The van der Waals surface area contributed by atoms with Crippen LogP contribution in [0.4, 0.5) is 0 Å². The number of nitrogens with one attached hydrogen (secondary N) is 2. The van der Waals surface area contributed by atoms with Gasteiger partial charge in [-0.15, -0.1) is 11.3 Å². The SMILES string of the molecule is CCCNS(=O)(=O)NCCc1csc(-c2ccncc2)n1. The van der Waals surface area contributed by atoms with Gasteiger partial charge in [-0.1, -0.05) is 6.92 Å². The first-order valence-electron chi connectivity index (χ1n) is 6.70. The zero-order valence-electron chi connectivity index (χ0n) is 11.7. The first-order valence-corrected chi connectivity index (χ1v) is 9.06. The first-order chi connectivity index (χ1) is 10.1. The van der Waals surface area contributed by atoms with Crippen molar-refractivity contribution in [2.75, 3.05) is 13.1 Å². The van der Waals surface area contributed by atoms with Crippen molar-refractivity contribution in [2.24, 2.45) is 0 Å². The van der Waals surface area contributed by atoms with Gasteiger partial charge in [-0.25, -0.2) is 14.4 Å². The molecule has 21 heavy (non-hydrogen) atoms. The Kier molecular flexibility index (Phi) is 5.80. The lowest BCUT2D eigenvalue weighted by atomic mass is 10.3. The highest BCUT2D eigenvalue weighted by atomic mass is 32.2. The summed E-state index contributed by atoms with van der Waals surface area (Å²) < 4.78 is 28.1. The third-order valence-electron chi connectivity index (χ3n) is 2.69. The number of pyridine rings is 1. The van der Waals surface area contributed by atoms with Crippen LogP contribution in [-0.2, 0) is 16.6 Å². The van der Waals surface area contributed by atoms with Gasteiger partial charge in [0.2, 0.25) is 0 Å². The summed E-state index contributed by atoms with van der Waals surface area (Å²) in [4.78, 5) is 8.47. The molecule has 0 aliphatic heterocycles. The maximum Gasteiger partial charge on any atom is 0.276 e. The fourth-order valence-electron chi connectivity index (χ4n) is 1.65. The third kappa shape index (κ3) is 5.16. The summed E-state index contributed by atoms with van der Waals surface area (Å²) in [6.45, 7) is 2.69. The molecule has 0 unspecified atom stereocenters. The van der Waals surface area contributed by atoms with E-state index < -0.39 is 10.2 Å². The number of hydrogen-bond donors (Lipinski definition) is 2. The molecule has 2 heterocycles. The summed E-state index contributed by atoms with van der Waals surface area (Å²) in [6.07, 6.45) is 4.78. The lowest BCUT2D eigenvalue weighted by Gasteiger charge is -2.06. The minimum absolute atomic E-state index is 0.332. The van der Waals surface area contributed by atoms with Crippen LogP contribution in [0.2, 0.25) is 0 Å². The van der Waals surface area contributed by atoms with Crippen LogP contribution < -0.4 is 9.44 Å². The van der Waals surface area contributed by atoms with Gasteiger partial charge in [0, 0.05) is 42.8 Å². The van der Waals surface area contributed by atoms with Crippen LogP contribution in [0.25, 0.3) is 10.6 Å². The van der Waals surface area contributed by atoms with Gasteiger partial charge in [0.1, 0.15) is 5.01 Å². The predicted octanol–water partition coefficient (Wildman–Crippen LogP) is 1.58. The maximum atomic E-state index is 11.6. The Labute approximate surface area is 128 Å². The zero-order valence-corrected chi connectivity index (χ0v) is 13.4. The molecule has 0 radical (unpaired) electrons. The molecule has 0 spiro atoms. The molecular weight excluding hydrogens is 308 g/mol. The molecule has 0 saturated carbocycles. The highest BCUT2D eigenvalue weighted by Gasteiger charge is 2.09. The first kappa shape index (κ1) is 16.0. The van der Waals surface area contributed by atoms with Crippen LogP contribution in [0.15, 0.2) is 29.9 Å². The fourth-order valence-corrected chi connectivity index (χ4v) is 3.46. The van der Waals surface area contributed by atoms with Gasteiger partial charge in [0.05, 0.1) is 5.69 Å². The molecule has 0 bridgehead atoms. The second-order valence-electron chi connectivity index (χ2n) is 4.42. The summed E-state index contributed by atoms with van der Waals surface area (Å²) in [5, 5.41) is 2.86. The summed E-state index contributed by atoms with van der Waals surface area (Å²) in [6, 6.07) is 3.81. The van der Waals surface area contributed by atoms with Gasteiger partial charge in [0.25, 0.3) is 10.2 Å². The molecule has 0 amide bonds. The molecule has 8 heteroatoms. The van der Waals surface area contributed by atoms with E-state index in [0.717, 1.165) is 22.7 Å². The van der Waals surface area contributed by atoms with Crippen LogP contribution in [0.5, 0.6) is 0 Å². The second kappa shape index (κ2) is 7.60. The van der Waals surface area contributed by atoms with Gasteiger partial charge >= 0.3 is 0 Å². The molecule has 0 atom stereocenters. The van der Waals surface area contributed by atoms with Crippen LogP contribution in [0, 0.1) is 0 Å². The molecular formula is C13H18N4O2S2. The molecule has 0 aliphatic carbocycles. The minimum atomic E-state index is -3.39. The normalized spacial score (nSPS) is 11.7. The third-order valence-corrected chi connectivity index (χ3v) is 4.80. The molecule has 114 valence electrons. The van der Waals surface area contributed by atoms with Crippen molar-refractivity contribution in [3.63, 3.8) is 0 Å². The van der Waals surface area contributed by atoms with E-state index in [-0.39, 0.29) is 0 Å². The molecule has 2 aromatic rings. The van der Waals surface area contributed by atoms with E-state index in [2.05, 4.69) is 19.4 Å². The molecule has 6 nitrogen and oxygen atoms in total. The van der Waals surface area contributed by atoms with Gasteiger partial charge < -0.3 is 0 Å². The van der Waals surface area contributed by atoms with E-state index >= 15 is 0 Å². The maximum absolute atomic E-state index is 11.6. The van der Waals surface area contributed by atoms with Gasteiger partial charge in [-0.3, -0.25) is 4.98 Å². The largest absolute Gasteiger partial charge is 0.276 e. The fraction of sp³-hybridized carbons (Fsp3) is 0.385. The quantitative estimate of drug-likeness (QED) is 0.771. The number of nitrogens with zero attached hydrogens (tertiary/aromatic N) is 2. The summed E-state index contributed by atoms with van der Waals surface area (Å²) in [5.41, 5.74) is 1.90. The standard InChI is InChI=1S/C13H18N4O2S2/c1-2-6-15-21(18,19)16-9-5-12-10-20-13(17-12)11-3-7-14-8-4-11/h3-4,7-8,10,15-16H,2,5-6,9H2,1H3. The van der Waals surface area contributed by atoms with E-state index in [9.17, 15) is 8.42 Å². The molecule has 0 aromatic carbocycles. The van der Waals surface area contributed by atoms with Crippen molar-refractivity contribution in [1.29, 1.82) is 0 Å². The Morgan fingerprint density at radius 2 is 1.90 bits per heavy atom. The van der Waals surface area contributed by atoms with Crippen LogP contribution in [-0.4, -0.2) is 31.5 Å². The van der Waals surface area contributed by atoms with E-state index in [4.69, 9.17) is 0 Å². The smallest absolute Gasteiger partial charge is 0.265 e. The van der Waals surface area contributed by atoms with Crippen molar-refractivity contribution in [2.45, 2.75) is 19.8 Å². The number of aromatic nitrogens is 2. The van der Waals surface area contributed by atoms with Crippen molar-refractivity contribution < 1.29 is 8.42 Å². The lowest BCUT2D eigenvalue weighted by Crippen LogP contribution is -2.37. The zero-order chi connectivity index (χ0) is 15.1. The highest BCUT2D eigenvalue weighted by molar-refractivity contribution is 7.87. The molecule has 2 aromatic heterocycles. The average Bonchev–Trinajstić information content (AvgIpc) is 2.95. The highest BCUT2D eigenvalue weighted by Crippen LogP contribution is 2.22. The average molecular weight is 326 g/mol. The molecule has 0 fully saturated rings. The minimum Gasteiger partial charge on any atom is -0.265 e. The van der Waals surface area contributed by atoms with Crippen LogP contribution in [0.3, 0.4) is 0 Å². The molecule has 2 rings (SSSR count). The van der Waals surface area contributed by atoms with E-state index in [1.54, 1.807) is 23.7 Å². The molecule has 0 saturated heterocycles.